The molecule has 10 heteroatoms. The number of aromatic nitrogens is 2. The van der Waals surface area contributed by atoms with E-state index in [0.29, 0.717) is 11.6 Å². The van der Waals surface area contributed by atoms with Crippen molar-refractivity contribution in [3.8, 4) is 0 Å². The van der Waals surface area contributed by atoms with E-state index in [-0.39, 0.29) is 27.5 Å². The molecule has 3 amide bonds. The van der Waals surface area contributed by atoms with Crippen LogP contribution in [-0.4, -0.2) is 52.5 Å². The molecule has 0 radical (unpaired) electrons. The highest BCUT2D eigenvalue weighted by atomic mass is 79.9. The molecule has 0 fully saturated rings. The lowest BCUT2D eigenvalue weighted by Gasteiger charge is -2.20. The summed E-state index contributed by atoms with van der Waals surface area (Å²) in [5, 5.41) is 12.0. The number of nitrogens with one attached hydrogen (secondary N) is 3. The van der Waals surface area contributed by atoms with Crippen LogP contribution in [-0.2, 0) is 4.79 Å². The molecule has 0 spiro atoms. The van der Waals surface area contributed by atoms with Crippen molar-refractivity contribution in [1.82, 2.24) is 20.4 Å². The van der Waals surface area contributed by atoms with Crippen molar-refractivity contribution >= 4 is 51.1 Å². The summed E-state index contributed by atoms with van der Waals surface area (Å²) >= 11 is 9.25. The Balaban J connectivity index is 2.10. The quantitative estimate of drug-likeness (QED) is 0.621. The van der Waals surface area contributed by atoms with Gasteiger partial charge in [0.25, 0.3) is 11.8 Å². The minimum Gasteiger partial charge on any atom is -0.344 e. The normalized spacial score (nSPS) is 11.6. The van der Waals surface area contributed by atoms with Gasteiger partial charge in [-0.15, -0.1) is 0 Å². The number of likely N-dealkylation sites (N-methyl/N-ethyl adjacent to an activating group) is 1. The Morgan fingerprint density at radius 3 is 2.59 bits per heavy atom. The maximum absolute atomic E-state index is 12.4. The summed E-state index contributed by atoms with van der Waals surface area (Å²) in [5.41, 5.74) is 0.366. The molecule has 8 nitrogen and oxygen atoms in total. The third-order valence-corrected chi connectivity index (χ3v) is 4.95. The molecule has 1 aromatic carbocycles. The van der Waals surface area contributed by atoms with Crippen LogP contribution in [0.2, 0.25) is 5.02 Å². The highest BCUT2D eigenvalue weighted by Gasteiger charge is 2.24. The number of carbonyl (C=O) groups excluding carboxylic acids is 3. The summed E-state index contributed by atoms with van der Waals surface area (Å²) in [6, 6.07) is 5.86. The van der Waals surface area contributed by atoms with Gasteiger partial charge in [0, 0.05) is 13.6 Å². The van der Waals surface area contributed by atoms with Gasteiger partial charge in [-0.3, -0.25) is 19.5 Å². The molecule has 0 saturated carbocycles. The van der Waals surface area contributed by atoms with Crippen molar-refractivity contribution in [2.24, 2.45) is 0 Å². The van der Waals surface area contributed by atoms with Crippen LogP contribution in [0.5, 0.6) is 0 Å². The first-order valence-electron chi connectivity index (χ1n) is 8.11. The summed E-state index contributed by atoms with van der Waals surface area (Å²) in [5.74, 6) is -1.07. The van der Waals surface area contributed by atoms with Crippen molar-refractivity contribution in [2.45, 2.75) is 19.9 Å². The fourth-order valence-electron chi connectivity index (χ4n) is 2.20. The van der Waals surface area contributed by atoms with Gasteiger partial charge in [-0.1, -0.05) is 23.7 Å². The van der Waals surface area contributed by atoms with E-state index in [9.17, 15) is 14.4 Å². The molecule has 1 heterocycles. The number of hydrogen-bond donors (Lipinski definition) is 3. The third-order valence-electron chi connectivity index (χ3n) is 3.85. The largest absolute Gasteiger partial charge is 0.344 e. The SMILES string of the molecule is CCN(C)C(=O)[C@@H](C)NC(=O)c1[nH]nc(NC(=O)c2ccccc2Cl)c1Br. The van der Waals surface area contributed by atoms with Gasteiger partial charge in [-0.25, -0.2) is 0 Å². The lowest BCUT2D eigenvalue weighted by Crippen LogP contribution is -2.45. The zero-order valence-corrected chi connectivity index (χ0v) is 17.3. The molecule has 0 bridgehead atoms. The molecule has 0 unspecified atom stereocenters. The third kappa shape index (κ3) is 4.86. The van der Waals surface area contributed by atoms with Gasteiger partial charge in [0.05, 0.1) is 15.1 Å². The summed E-state index contributed by atoms with van der Waals surface area (Å²) in [4.78, 5) is 38.3. The van der Waals surface area contributed by atoms with Gasteiger partial charge in [0.1, 0.15) is 11.7 Å². The zero-order chi connectivity index (χ0) is 20.1. The highest BCUT2D eigenvalue weighted by molar-refractivity contribution is 9.10. The molecule has 1 aromatic heterocycles. The number of amides is 3. The first kappa shape index (κ1) is 20.9. The van der Waals surface area contributed by atoms with Gasteiger partial charge in [-0.05, 0) is 41.9 Å². The number of halogens is 2. The van der Waals surface area contributed by atoms with Crippen LogP contribution in [0.4, 0.5) is 5.82 Å². The van der Waals surface area contributed by atoms with Crippen LogP contribution in [0.1, 0.15) is 34.7 Å². The maximum atomic E-state index is 12.4. The van der Waals surface area contributed by atoms with Crippen LogP contribution in [0, 0.1) is 0 Å². The predicted octanol–water partition coefficient (Wildman–Crippen LogP) is 2.67. The lowest BCUT2D eigenvalue weighted by atomic mass is 10.2. The van der Waals surface area contributed by atoms with Gasteiger partial charge in [0.2, 0.25) is 5.91 Å². The number of aromatic amines is 1. The number of anilines is 1. The number of benzene rings is 1. The fourth-order valence-corrected chi connectivity index (χ4v) is 2.88. The molecule has 0 aliphatic heterocycles. The van der Waals surface area contributed by atoms with E-state index in [1.807, 2.05) is 6.92 Å². The van der Waals surface area contributed by atoms with Crippen LogP contribution in [0.25, 0.3) is 0 Å². The summed E-state index contributed by atoms with van der Waals surface area (Å²) < 4.78 is 0.267. The average Bonchev–Trinajstić information content (AvgIpc) is 3.01. The van der Waals surface area contributed by atoms with Crippen molar-refractivity contribution in [2.75, 3.05) is 18.9 Å². The van der Waals surface area contributed by atoms with Crippen molar-refractivity contribution < 1.29 is 14.4 Å². The molecule has 2 aromatic rings. The first-order valence-corrected chi connectivity index (χ1v) is 9.28. The molecule has 2 rings (SSSR count). The second-order valence-corrected chi connectivity index (χ2v) is 6.94. The number of carbonyl (C=O) groups is 3. The second kappa shape index (κ2) is 9.01. The fraction of sp³-hybridized carbons (Fsp3) is 0.294. The number of rotatable bonds is 6. The number of hydrogen-bond acceptors (Lipinski definition) is 4. The Bertz CT molecular complexity index is 870. The number of H-pyrrole nitrogens is 1. The highest BCUT2D eigenvalue weighted by Crippen LogP contribution is 2.25. The molecule has 27 heavy (non-hydrogen) atoms. The summed E-state index contributed by atoms with van der Waals surface area (Å²) in [7, 11) is 1.65. The van der Waals surface area contributed by atoms with E-state index in [1.165, 1.54) is 4.90 Å². The molecule has 0 saturated heterocycles. The summed E-state index contributed by atoms with van der Waals surface area (Å²) in [6.45, 7) is 3.97. The maximum Gasteiger partial charge on any atom is 0.271 e. The number of nitrogens with zero attached hydrogens (tertiary/aromatic N) is 2. The van der Waals surface area contributed by atoms with E-state index in [0.717, 1.165) is 0 Å². The average molecular weight is 457 g/mol. The molecular formula is C17H19BrClN5O3. The predicted molar refractivity (Wildman–Crippen MR) is 106 cm³/mol. The Morgan fingerprint density at radius 1 is 1.30 bits per heavy atom. The molecule has 0 aliphatic carbocycles. The minimum atomic E-state index is -0.709. The lowest BCUT2D eigenvalue weighted by molar-refractivity contribution is -0.131. The van der Waals surface area contributed by atoms with Gasteiger partial charge < -0.3 is 15.5 Å². The first-order chi connectivity index (χ1) is 12.8. The van der Waals surface area contributed by atoms with E-state index >= 15 is 0 Å². The van der Waals surface area contributed by atoms with E-state index in [2.05, 4.69) is 36.8 Å². The smallest absolute Gasteiger partial charge is 0.271 e. The van der Waals surface area contributed by atoms with Crippen molar-refractivity contribution in [3.05, 3.63) is 45.0 Å². The monoisotopic (exact) mass is 455 g/mol. The van der Waals surface area contributed by atoms with E-state index in [1.54, 1.807) is 38.2 Å². The molecular weight excluding hydrogens is 438 g/mol. The Morgan fingerprint density at radius 2 is 1.96 bits per heavy atom. The minimum absolute atomic E-state index is 0.0864. The topological polar surface area (TPSA) is 107 Å². The van der Waals surface area contributed by atoms with E-state index < -0.39 is 17.9 Å². The Kier molecular flexibility index (Phi) is 6.98. The standard InChI is InChI=1S/C17H19BrClN5O3/c1-4-24(3)17(27)9(2)20-16(26)13-12(18)14(23-22-13)21-15(25)10-7-5-6-8-11(10)19/h5-9H,4H2,1-3H3,(H,20,26)(H2,21,22,23,25)/t9-/m1/s1. The van der Waals surface area contributed by atoms with Gasteiger partial charge in [-0.2, -0.15) is 5.10 Å². The molecule has 1 atom stereocenters. The van der Waals surface area contributed by atoms with Crippen LogP contribution < -0.4 is 10.6 Å². The van der Waals surface area contributed by atoms with Gasteiger partial charge in [0.15, 0.2) is 5.82 Å². The molecule has 144 valence electrons. The van der Waals surface area contributed by atoms with Crippen LogP contribution in [0.3, 0.4) is 0 Å². The van der Waals surface area contributed by atoms with Gasteiger partial charge >= 0.3 is 0 Å². The van der Waals surface area contributed by atoms with Crippen LogP contribution in [0.15, 0.2) is 28.7 Å². The van der Waals surface area contributed by atoms with Crippen LogP contribution >= 0.6 is 27.5 Å². The Hall–Kier alpha value is -2.39. The van der Waals surface area contributed by atoms with Crippen molar-refractivity contribution in [1.29, 1.82) is 0 Å². The Labute approximate surface area is 169 Å². The molecule has 0 aliphatic rings. The second-order valence-electron chi connectivity index (χ2n) is 5.74. The van der Waals surface area contributed by atoms with Crippen molar-refractivity contribution in [3.63, 3.8) is 0 Å². The molecule has 3 N–H and O–H groups in total. The summed E-state index contributed by atoms with van der Waals surface area (Å²) in [6.07, 6.45) is 0. The zero-order valence-electron chi connectivity index (χ0n) is 15.0. The van der Waals surface area contributed by atoms with E-state index in [4.69, 9.17) is 11.6 Å².